The van der Waals surface area contributed by atoms with Gasteiger partial charge in [0.05, 0.1) is 0 Å². The molecular weight excluding hydrogens is 320 g/mol. The molecule has 0 aliphatic heterocycles. The Morgan fingerprint density at radius 3 is 1.81 bits per heavy atom. The molecule has 16 heavy (non-hydrogen) atoms. The van der Waals surface area contributed by atoms with Crippen LogP contribution in [0, 0.1) is 11.6 Å². The first-order valence-corrected chi connectivity index (χ1v) is 4.49. The zero-order valence-corrected chi connectivity index (χ0v) is 9.89. The van der Waals surface area contributed by atoms with Gasteiger partial charge >= 0.3 is 6.18 Å². The lowest BCUT2D eigenvalue weighted by atomic mass is 10.1. The van der Waals surface area contributed by atoms with Gasteiger partial charge in [-0.25, -0.2) is 8.78 Å². The maximum absolute atomic E-state index is 13.0. The normalized spacial score (nSPS) is 13.2. The fourth-order valence-corrected chi connectivity index (χ4v) is 1.42. The summed E-state index contributed by atoms with van der Waals surface area (Å²) in [5, 5.41) is 0. The molecule has 0 heterocycles. The molecule has 0 aliphatic carbocycles. The van der Waals surface area contributed by atoms with Crippen LogP contribution in [0.25, 0.3) is 0 Å². The van der Waals surface area contributed by atoms with Crippen LogP contribution in [0.1, 0.15) is 11.6 Å². The first-order chi connectivity index (χ1) is 6.73. The summed E-state index contributed by atoms with van der Waals surface area (Å²) < 4.78 is 62.5. The zero-order chi connectivity index (χ0) is 11.8. The third-order valence-corrected chi connectivity index (χ3v) is 2.17. The molecule has 0 bridgehead atoms. The lowest BCUT2D eigenvalue weighted by molar-refractivity contribution is -0.150. The molecule has 1 nitrogen and oxygen atoms in total. The zero-order valence-electron chi connectivity index (χ0n) is 7.49. The number of nitrogens with two attached hydrogens (primary N) is 1. The summed E-state index contributed by atoms with van der Waals surface area (Å²) in [6.07, 6.45) is -4.88. The predicted octanol–water partition coefficient (Wildman–Crippen LogP) is 3.71. The van der Waals surface area contributed by atoms with Crippen molar-refractivity contribution in [1.82, 2.24) is 0 Å². The Hall–Kier alpha value is -0.400. The van der Waals surface area contributed by atoms with Crippen molar-refractivity contribution in [2.24, 2.45) is 5.73 Å². The summed E-state index contributed by atoms with van der Waals surface area (Å²) >= 11 is 2.74. The lowest BCUT2D eigenvalue weighted by Crippen LogP contribution is -2.30. The number of rotatable bonds is 1. The molecule has 2 N–H and O–H groups in total. The fraction of sp³-hybridized carbons (Fsp3) is 0.250. The van der Waals surface area contributed by atoms with Crippen LogP contribution in [0.5, 0.6) is 0 Å². The highest BCUT2D eigenvalue weighted by molar-refractivity contribution is 9.10. The highest BCUT2D eigenvalue weighted by atomic mass is 79.9. The molecule has 92 valence electrons. The Morgan fingerprint density at radius 1 is 1.12 bits per heavy atom. The van der Waals surface area contributed by atoms with E-state index in [9.17, 15) is 22.0 Å². The highest BCUT2D eigenvalue weighted by Crippen LogP contribution is 2.34. The van der Waals surface area contributed by atoms with Crippen LogP contribution in [0.2, 0.25) is 0 Å². The van der Waals surface area contributed by atoms with Crippen molar-refractivity contribution in [3.05, 3.63) is 33.8 Å². The third-order valence-electron chi connectivity index (χ3n) is 1.71. The largest absolute Gasteiger partial charge is 0.407 e. The molecule has 8 heteroatoms. The molecule has 0 radical (unpaired) electrons. The maximum atomic E-state index is 13.0. The van der Waals surface area contributed by atoms with Crippen molar-refractivity contribution >= 4 is 28.3 Å². The Balaban J connectivity index is 0.00000225. The van der Waals surface area contributed by atoms with Crippen molar-refractivity contribution in [3.63, 3.8) is 0 Å². The van der Waals surface area contributed by atoms with E-state index in [1.54, 1.807) is 0 Å². The van der Waals surface area contributed by atoms with Crippen molar-refractivity contribution in [1.29, 1.82) is 0 Å². The molecule has 0 aromatic heterocycles. The second kappa shape index (κ2) is 5.29. The van der Waals surface area contributed by atoms with E-state index in [2.05, 4.69) is 15.9 Å². The molecule has 1 atom stereocenters. The number of benzene rings is 1. The maximum Gasteiger partial charge on any atom is 0.407 e. The molecule has 1 aromatic carbocycles. The summed E-state index contributed by atoms with van der Waals surface area (Å²) in [7, 11) is 0. The Bertz CT molecular complexity index is 358. The Kier molecular flexibility index (Phi) is 5.15. The van der Waals surface area contributed by atoms with Crippen LogP contribution in [0.15, 0.2) is 16.6 Å². The number of hydrogen-bond donors (Lipinski definition) is 1. The second-order valence-corrected chi connectivity index (χ2v) is 3.72. The van der Waals surface area contributed by atoms with E-state index in [1.165, 1.54) is 0 Å². The van der Waals surface area contributed by atoms with Crippen LogP contribution in [0.3, 0.4) is 0 Å². The van der Waals surface area contributed by atoms with Gasteiger partial charge < -0.3 is 5.73 Å². The average Bonchev–Trinajstić information content (AvgIpc) is 1.99. The van der Waals surface area contributed by atoms with E-state index >= 15 is 0 Å². The summed E-state index contributed by atoms with van der Waals surface area (Å²) in [6, 6.07) is -1.21. The Labute approximate surface area is 102 Å². The van der Waals surface area contributed by atoms with E-state index in [4.69, 9.17) is 5.73 Å². The van der Waals surface area contributed by atoms with Gasteiger partial charge in [0.15, 0.2) is 0 Å². The minimum atomic E-state index is -4.88. The molecular formula is C8H6BrClF5N. The van der Waals surface area contributed by atoms with Gasteiger partial charge in [0.1, 0.15) is 17.7 Å². The molecule has 0 amide bonds. The van der Waals surface area contributed by atoms with Crippen molar-refractivity contribution in [3.8, 4) is 0 Å². The SMILES string of the molecule is Cl.N[C@H](c1c(F)cc(Br)cc1F)C(F)(F)F. The molecule has 1 aromatic rings. The molecule has 0 aliphatic rings. The molecule has 0 fully saturated rings. The van der Waals surface area contributed by atoms with Crippen LogP contribution >= 0.6 is 28.3 Å². The van der Waals surface area contributed by atoms with Crippen LogP contribution in [0.4, 0.5) is 22.0 Å². The number of hydrogen-bond acceptors (Lipinski definition) is 1. The van der Waals surface area contributed by atoms with Gasteiger partial charge in [-0.3, -0.25) is 0 Å². The van der Waals surface area contributed by atoms with E-state index < -0.39 is 29.4 Å². The summed E-state index contributed by atoms with van der Waals surface area (Å²) in [5.74, 6) is -2.65. The van der Waals surface area contributed by atoms with Gasteiger partial charge in [-0.1, -0.05) is 15.9 Å². The summed E-state index contributed by atoms with van der Waals surface area (Å²) in [6.45, 7) is 0. The van der Waals surface area contributed by atoms with Gasteiger partial charge in [-0.2, -0.15) is 13.2 Å². The van der Waals surface area contributed by atoms with Crippen molar-refractivity contribution in [2.75, 3.05) is 0 Å². The molecule has 0 spiro atoms. The quantitative estimate of drug-likeness (QED) is 0.782. The van der Waals surface area contributed by atoms with E-state index in [-0.39, 0.29) is 16.9 Å². The number of halogens is 7. The van der Waals surface area contributed by atoms with Crippen LogP contribution in [-0.2, 0) is 0 Å². The fourth-order valence-electron chi connectivity index (χ4n) is 1.01. The van der Waals surface area contributed by atoms with Gasteiger partial charge in [0, 0.05) is 10.0 Å². The second-order valence-electron chi connectivity index (χ2n) is 2.80. The topological polar surface area (TPSA) is 26.0 Å². The van der Waals surface area contributed by atoms with Crippen molar-refractivity contribution in [2.45, 2.75) is 12.2 Å². The summed E-state index contributed by atoms with van der Waals surface area (Å²) in [4.78, 5) is 0. The molecule has 1 rings (SSSR count). The summed E-state index contributed by atoms with van der Waals surface area (Å²) in [5.41, 5.74) is 3.53. The van der Waals surface area contributed by atoms with E-state index in [1.807, 2.05) is 0 Å². The predicted molar refractivity (Wildman–Crippen MR) is 54.3 cm³/mol. The molecule has 0 saturated heterocycles. The first kappa shape index (κ1) is 15.6. The van der Waals surface area contributed by atoms with Gasteiger partial charge in [0.25, 0.3) is 0 Å². The first-order valence-electron chi connectivity index (χ1n) is 3.70. The van der Waals surface area contributed by atoms with E-state index in [0.717, 1.165) is 12.1 Å². The van der Waals surface area contributed by atoms with Gasteiger partial charge in [-0.15, -0.1) is 12.4 Å². The van der Waals surface area contributed by atoms with Crippen molar-refractivity contribution < 1.29 is 22.0 Å². The standard InChI is InChI=1S/C8H5BrF5N.ClH/c9-3-1-4(10)6(5(11)2-3)7(15)8(12,13)14;/h1-2,7H,15H2;1H/t7-;/m1./s1. The average molecular weight is 326 g/mol. The van der Waals surface area contributed by atoms with Crippen LogP contribution in [-0.4, -0.2) is 6.18 Å². The van der Waals surface area contributed by atoms with Gasteiger partial charge in [0.2, 0.25) is 0 Å². The Morgan fingerprint density at radius 2 is 1.50 bits per heavy atom. The minimum absolute atomic E-state index is 0. The van der Waals surface area contributed by atoms with E-state index in [0.29, 0.717) is 0 Å². The number of alkyl halides is 3. The monoisotopic (exact) mass is 325 g/mol. The molecule has 0 saturated carbocycles. The minimum Gasteiger partial charge on any atom is -0.316 e. The molecule has 0 unspecified atom stereocenters. The lowest BCUT2D eigenvalue weighted by Gasteiger charge is -2.17. The van der Waals surface area contributed by atoms with Gasteiger partial charge in [-0.05, 0) is 12.1 Å². The van der Waals surface area contributed by atoms with Crippen LogP contribution < -0.4 is 5.73 Å². The highest BCUT2D eigenvalue weighted by Gasteiger charge is 2.41. The third kappa shape index (κ3) is 3.29. The smallest absolute Gasteiger partial charge is 0.316 e.